The minimum absolute atomic E-state index is 0.0307. The third-order valence-electron chi connectivity index (χ3n) is 1.17. The summed E-state index contributed by atoms with van der Waals surface area (Å²) < 4.78 is 0. The Morgan fingerprint density at radius 2 is 2.00 bits per heavy atom. The highest BCUT2D eigenvalue weighted by Crippen LogP contribution is 2.35. The zero-order valence-electron chi connectivity index (χ0n) is 5.32. The van der Waals surface area contributed by atoms with Crippen LogP contribution in [0.5, 0.6) is 0 Å². The first kappa shape index (κ1) is 8.34. The van der Waals surface area contributed by atoms with Crippen molar-refractivity contribution in [1.29, 1.82) is 0 Å². The van der Waals surface area contributed by atoms with E-state index in [4.69, 9.17) is 28.3 Å². The number of aryl methyl sites for hydroxylation is 1. The maximum absolute atomic E-state index is 8.72. The van der Waals surface area contributed by atoms with Crippen LogP contribution in [0.3, 0.4) is 0 Å². The lowest BCUT2D eigenvalue weighted by molar-refractivity contribution is 0.285. The van der Waals surface area contributed by atoms with Gasteiger partial charge in [-0.05, 0) is 6.92 Å². The van der Waals surface area contributed by atoms with Crippen LogP contribution in [0.15, 0.2) is 0 Å². The van der Waals surface area contributed by atoms with Gasteiger partial charge in [-0.1, -0.05) is 23.2 Å². The highest BCUT2D eigenvalue weighted by Gasteiger charge is 2.10. The van der Waals surface area contributed by atoms with E-state index in [1.807, 2.05) is 6.92 Å². The monoisotopic (exact) mass is 196 g/mol. The molecule has 0 fully saturated rings. The predicted octanol–water partition coefficient (Wildman–Crippen LogP) is 2.86. The first-order chi connectivity index (χ1) is 4.66. The molecule has 0 saturated carbocycles. The van der Waals surface area contributed by atoms with Crippen LogP contribution in [0, 0.1) is 6.92 Å². The lowest BCUT2D eigenvalue weighted by atomic mass is 10.4. The molecule has 56 valence electrons. The lowest BCUT2D eigenvalue weighted by Gasteiger charge is -1.87. The number of thiophene rings is 1. The van der Waals surface area contributed by atoms with Gasteiger partial charge in [0, 0.05) is 4.88 Å². The Morgan fingerprint density at radius 1 is 1.40 bits per heavy atom. The van der Waals surface area contributed by atoms with E-state index in [9.17, 15) is 0 Å². The van der Waals surface area contributed by atoms with Gasteiger partial charge in [0.1, 0.15) is 0 Å². The Hall–Kier alpha value is 0.240. The first-order valence-corrected chi connectivity index (χ1v) is 4.28. The predicted molar refractivity (Wildman–Crippen MR) is 45.0 cm³/mol. The molecule has 0 aromatic carbocycles. The minimum Gasteiger partial charge on any atom is -0.391 e. The zero-order chi connectivity index (χ0) is 7.72. The summed E-state index contributed by atoms with van der Waals surface area (Å²) in [5.41, 5.74) is 0. The summed E-state index contributed by atoms with van der Waals surface area (Å²) >= 11 is 12.9. The molecule has 0 unspecified atom stereocenters. The van der Waals surface area contributed by atoms with Crippen LogP contribution in [-0.4, -0.2) is 5.11 Å². The standard InChI is InChI=1S/C6H6Cl2OS/c1-3-5(7)6(8)4(2-9)10-3/h9H,2H2,1H3. The second kappa shape index (κ2) is 3.09. The van der Waals surface area contributed by atoms with Crippen LogP contribution in [0.2, 0.25) is 10.0 Å². The molecular weight excluding hydrogens is 191 g/mol. The summed E-state index contributed by atoms with van der Waals surface area (Å²) in [6.07, 6.45) is 0. The number of hydrogen-bond donors (Lipinski definition) is 1. The van der Waals surface area contributed by atoms with Crippen molar-refractivity contribution in [2.45, 2.75) is 13.5 Å². The highest BCUT2D eigenvalue weighted by atomic mass is 35.5. The molecule has 0 aliphatic rings. The van der Waals surface area contributed by atoms with Gasteiger partial charge in [0.25, 0.3) is 0 Å². The van der Waals surface area contributed by atoms with Crippen molar-refractivity contribution in [2.75, 3.05) is 0 Å². The molecule has 0 bridgehead atoms. The van der Waals surface area contributed by atoms with Crippen molar-refractivity contribution in [2.24, 2.45) is 0 Å². The Bertz CT molecular complexity index is 244. The SMILES string of the molecule is Cc1sc(CO)c(Cl)c1Cl. The second-order valence-corrected chi connectivity index (χ2v) is 3.93. The normalized spacial score (nSPS) is 10.4. The fraction of sp³-hybridized carbons (Fsp3) is 0.333. The molecular formula is C6H6Cl2OS. The van der Waals surface area contributed by atoms with Crippen LogP contribution < -0.4 is 0 Å². The molecule has 1 aromatic heterocycles. The fourth-order valence-corrected chi connectivity index (χ4v) is 2.13. The molecule has 0 amide bonds. The summed E-state index contributed by atoms with van der Waals surface area (Å²) in [6.45, 7) is 1.84. The fourth-order valence-electron chi connectivity index (χ4n) is 0.653. The molecule has 0 atom stereocenters. The highest BCUT2D eigenvalue weighted by molar-refractivity contribution is 7.13. The van der Waals surface area contributed by atoms with Gasteiger partial charge >= 0.3 is 0 Å². The Balaban J connectivity index is 3.17. The number of halogens is 2. The third kappa shape index (κ3) is 1.30. The van der Waals surface area contributed by atoms with Crippen LogP contribution in [-0.2, 0) is 6.61 Å². The molecule has 1 nitrogen and oxygen atoms in total. The van der Waals surface area contributed by atoms with Crippen molar-refractivity contribution < 1.29 is 5.11 Å². The van der Waals surface area contributed by atoms with Crippen molar-refractivity contribution >= 4 is 34.5 Å². The average molecular weight is 197 g/mol. The van der Waals surface area contributed by atoms with E-state index < -0.39 is 0 Å². The number of aliphatic hydroxyl groups excluding tert-OH is 1. The molecule has 4 heteroatoms. The van der Waals surface area contributed by atoms with E-state index >= 15 is 0 Å². The van der Waals surface area contributed by atoms with Gasteiger partial charge in [0.2, 0.25) is 0 Å². The molecule has 0 spiro atoms. The molecule has 1 heterocycles. The maximum Gasteiger partial charge on any atom is 0.0790 e. The van der Waals surface area contributed by atoms with Gasteiger partial charge in [0.15, 0.2) is 0 Å². The van der Waals surface area contributed by atoms with Crippen LogP contribution in [0.1, 0.15) is 9.75 Å². The van der Waals surface area contributed by atoms with Gasteiger partial charge in [-0.25, -0.2) is 0 Å². The van der Waals surface area contributed by atoms with E-state index in [0.29, 0.717) is 10.0 Å². The Labute approximate surface area is 73.2 Å². The lowest BCUT2D eigenvalue weighted by Crippen LogP contribution is -1.74. The van der Waals surface area contributed by atoms with Crippen molar-refractivity contribution in [3.05, 3.63) is 19.8 Å². The topological polar surface area (TPSA) is 20.2 Å². The zero-order valence-corrected chi connectivity index (χ0v) is 7.65. The van der Waals surface area contributed by atoms with Gasteiger partial charge in [0.05, 0.1) is 21.5 Å². The molecule has 0 radical (unpaired) electrons. The van der Waals surface area contributed by atoms with Crippen LogP contribution in [0.25, 0.3) is 0 Å². The van der Waals surface area contributed by atoms with Crippen molar-refractivity contribution in [3.63, 3.8) is 0 Å². The van der Waals surface area contributed by atoms with E-state index in [2.05, 4.69) is 0 Å². The molecule has 0 aliphatic heterocycles. The van der Waals surface area contributed by atoms with E-state index in [1.165, 1.54) is 11.3 Å². The van der Waals surface area contributed by atoms with Crippen LogP contribution in [0.4, 0.5) is 0 Å². The average Bonchev–Trinajstić information content (AvgIpc) is 2.17. The summed E-state index contributed by atoms with van der Waals surface area (Å²) in [5.74, 6) is 0. The number of rotatable bonds is 1. The van der Waals surface area contributed by atoms with E-state index in [0.717, 1.165) is 9.75 Å². The smallest absolute Gasteiger partial charge is 0.0790 e. The quantitative estimate of drug-likeness (QED) is 0.733. The molecule has 10 heavy (non-hydrogen) atoms. The molecule has 1 rings (SSSR count). The van der Waals surface area contributed by atoms with Crippen LogP contribution >= 0.6 is 34.5 Å². The van der Waals surface area contributed by atoms with Gasteiger partial charge in [-0.15, -0.1) is 11.3 Å². The van der Waals surface area contributed by atoms with E-state index in [-0.39, 0.29) is 6.61 Å². The molecule has 0 aliphatic carbocycles. The molecule has 1 N–H and O–H groups in total. The summed E-state index contributed by atoms with van der Waals surface area (Å²) in [7, 11) is 0. The Morgan fingerprint density at radius 3 is 2.20 bits per heavy atom. The number of aliphatic hydroxyl groups is 1. The minimum atomic E-state index is -0.0307. The van der Waals surface area contributed by atoms with Gasteiger partial charge < -0.3 is 5.11 Å². The van der Waals surface area contributed by atoms with Crippen molar-refractivity contribution in [1.82, 2.24) is 0 Å². The molecule has 1 aromatic rings. The van der Waals surface area contributed by atoms with Gasteiger partial charge in [-0.3, -0.25) is 0 Å². The second-order valence-electron chi connectivity index (χ2n) is 1.87. The first-order valence-electron chi connectivity index (χ1n) is 2.71. The maximum atomic E-state index is 8.72. The van der Waals surface area contributed by atoms with Gasteiger partial charge in [-0.2, -0.15) is 0 Å². The number of hydrogen-bond acceptors (Lipinski definition) is 2. The summed E-state index contributed by atoms with van der Waals surface area (Å²) in [4.78, 5) is 1.69. The Kier molecular flexibility index (Phi) is 2.58. The largest absolute Gasteiger partial charge is 0.391 e. The summed E-state index contributed by atoms with van der Waals surface area (Å²) in [5, 5.41) is 9.78. The molecule has 0 saturated heterocycles. The van der Waals surface area contributed by atoms with E-state index in [1.54, 1.807) is 0 Å². The van der Waals surface area contributed by atoms with Crippen molar-refractivity contribution in [3.8, 4) is 0 Å². The third-order valence-corrected chi connectivity index (χ3v) is 3.47. The summed E-state index contributed by atoms with van der Waals surface area (Å²) in [6, 6.07) is 0.